The molecule has 1 N–H and O–H groups in total. The number of esters is 1. The average Bonchev–Trinajstić information content (AvgIpc) is 3.37. The number of carbonyl (C=O) groups excluding carboxylic acids is 2. The molecule has 33 heavy (non-hydrogen) atoms. The van der Waals surface area contributed by atoms with Crippen LogP contribution in [0.15, 0.2) is 84.6 Å². The molecule has 4 aromatic rings. The average molecular weight is 463 g/mol. The number of thiophene rings is 1. The van der Waals surface area contributed by atoms with E-state index >= 15 is 0 Å². The van der Waals surface area contributed by atoms with Crippen LogP contribution in [-0.2, 0) is 9.53 Å². The van der Waals surface area contributed by atoms with E-state index in [0.29, 0.717) is 11.3 Å². The van der Waals surface area contributed by atoms with Gasteiger partial charge in [0.15, 0.2) is 6.61 Å². The van der Waals surface area contributed by atoms with Gasteiger partial charge in [0.25, 0.3) is 5.91 Å². The summed E-state index contributed by atoms with van der Waals surface area (Å²) in [5.41, 5.74) is 0.778. The Bertz CT molecular complexity index is 1220. The third-order valence-electron chi connectivity index (χ3n) is 4.51. The Labute approximate surface area is 192 Å². The van der Waals surface area contributed by atoms with Gasteiger partial charge in [0.2, 0.25) is 5.88 Å². The predicted molar refractivity (Wildman–Crippen MR) is 120 cm³/mol. The molecule has 0 spiro atoms. The van der Waals surface area contributed by atoms with Crippen molar-refractivity contribution in [2.24, 2.45) is 0 Å². The molecule has 1 unspecified atom stereocenters. The van der Waals surface area contributed by atoms with Crippen LogP contribution in [0.5, 0.6) is 11.6 Å². The monoisotopic (exact) mass is 463 g/mol. The summed E-state index contributed by atoms with van der Waals surface area (Å²) in [4.78, 5) is 34.1. The van der Waals surface area contributed by atoms with Crippen molar-refractivity contribution in [1.82, 2.24) is 15.3 Å². The molecule has 166 valence electrons. The highest BCUT2D eigenvalue weighted by Gasteiger charge is 2.21. The minimum Gasteiger partial charge on any atom is -0.452 e. The molecule has 9 heteroatoms. The quantitative estimate of drug-likeness (QED) is 0.386. The molecule has 1 atom stereocenters. The first kappa shape index (κ1) is 22.1. The van der Waals surface area contributed by atoms with Gasteiger partial charge in [-0.3, -0.25) is 9.78 Å². The molecule has 1 aromatic carbocycles. The van der Waals surface area contributed by atoms with E-state index in [1.165, 1.54) is 41.9 Å². The van der Waals surface area contributed by atoms with Crippen molar-refractivity contribution < 1.29 is 23.5 Å². The summed E-state index contributed by atoms with van der Waals surface area (Å²) in [5, 5.41) is 4.71. The van der Waals surface area contributed by atoms with Crippen molar-refractivity contribution in [2.45, 2.75) is 6.04 Å². The Morgan fingerprint density at radius 3 is 2.58 bits per heavy atom. The zero-order valence-electron chi connectivity index (χ0n) is 17.2. The van der Waals surface area contributed by atoms with E-state index in [9.17, 15) is 14.0 Å². The lowest BCUT2D eigenvalue weighted by Crippen LogP contribution is -2.32. The number of aromatic nitrogens is 2. The number of hydrogen-bond donors (Lipinski definition) is 1. The summed E-state index contributed by atoms with van der Waals surface area (Å²) in [7, 11) is 0. The van der Waals surface area contributed by atoms with Crippen molar-refractivity contribution in [2.75, 3.05) is 6.61 Å². The van der Waals surface area contributed by atoms with Crippen LogP contribution in [-0.4, -0.2) is 28.5 Å². The molecule has 4 rings (SSSR count). The van der Waals surface area contributed by atoms with Crippen molar-refractivity contribution in [3.63, 3.8) is 0 Å². The summed E-state index contributed by atoms with van der Waals surface area (Å²) in [6.45, 7) is -0.511. The zero-order chi connectivity index (χ0) is 23.0. The van der Waals surface area contributed by atoms with E-state index < -0.39 is 24.5 Å². The van der Waals surface area contributed by atoms with E-state index in [-0.39, 0.29) is 17.3 Å². The summed E-state index contributed by atoms with van der Waals surface area (Å²) < 4.78 is 24.1. The van der Waals surface area contributed by atoms with Crippen molar-refractivity contribution >= 4 is 23.2 Å². The van der Waals surface area contributed by atoms with Crippen LogP contribution < -0.4 is 10.1 Å². The van der Waals surface area contributed by atoms with Gasteiger partial charge in [0.05, 0.1) is 12.2 Å². The molecule has 0 aliphatic rings. The molecule has 3 aromatic heterocycles. The van der Waals surface area contributed by atoms with Crippen LogP contribution in [0, 0.1) is 5.82 Å². The Balaban J connectivity index is 1.42. The van der Waals surface area contributed by atoms with Gasteiger partial charge in [-0.25, -0.2) is 14.2 Å². The Morgan fingerprint density at radius 2 is 1.85 bits per heavy atom. The third kappa shape index (κ3) is 5.78. The fraction of sp³-hybridized carbons (Fsp3) is 0.0833. The molecule has 0 saturated carbocycles. The highest BCUT2D eigenvalue weighted by atomic mass is 32.1. The standard InChI is InChI=1S/C24H18FN3O4S/c25-17-9-7-16(8-10-17)22(20-6-3-13-33-20)28-21(29)15-31-24(30)19-5-2-12-27-23(19)32-18-4-1-11-26-14-18/h1-14,22H,15H2,(H,28,29). The first-order valence-corrected chi connectivity index (χ1v) is 10.8. The lowest BCUT2D eigenvalue weighted by Gasteiger charge is -2.18. The molecule has 0 aliphatic carbocycles. The Hall–Kier alpha value is -4.11. The molecule has 3 heterocycles. The number of amides is 1. The number of nitrogens with zero attached hydrogens (tertiary/aromatic N) is 2. The molecular weight excluding hydrogens is 445 g/mol. The van der Waals surface area contributed by atoms with Crippen LogP contribution in [0.25, 0.3) is 0 Å². The van der Waals surface area contributed by atoms with Gasteiger partial charge >= 0.3 is 5.97 Å². The first-order valence-electron chi connectivity index (χ1n) is 9.88. The van der Waals surface area contributed by atoms with Gasteiger partial charge < -0.3 is 14.8 Å². The third-order valence-corrected chi connectivity index (χ3v) is 5.45. The second kappa shape index (κ2) is 10.5. The minimum absolute atomic E-state index is 0.0404. The zero-order valence-corrected chi connectivity index (χ0v) is 18.0. The Morgan fingerprint density at radius 1 is 1.03 bits per heavy atom. The van der Waals surface area contributed by atoms with Gasteiger partial charge in [-0.05, 0) is 53.4 Å². The first-order chi connectivity index (χ1) is 16.1. The molecule has 0 radical (unpaired) electrons. The molecule has 0 bridgehead atoms. The van der Waals surface area contributed by atoms with Crippen LogP contribution >= 0.6 is 11.3 Å². The van der Waals surface area contributed by atoms with E-state index in [1.54, 1.807) is 36.5 Å². The molecule has 0 saturated heterocycles. The van der Waals surface area contributed by atoms with Crippen LogP contribution in [0.3, 0.4) is 0 Å². The summed E-state index contributed by atoms with van der Waals surface area (Å²) in [5.74, 6) is -1.19. The fourth-order valence-electron chi connectivity index (χ4n) is 2.99. The SMILES string of the molecule is O=C(COC(=O)c1cccnc1Oc1cccnc1)NC(c1ccc(F)cc1)c1cccs1. The number of nitrogens with one attached hydrogen (secondary N) is 1. The largest absolute Gasteiger partial charge is 0.452 e. The molecular formula is C24H18FN3O4S. The molecule has 1 amide bonds. The van der Waals surface area contributed by atoms with Gasteiger partial charge in [0, 0.05) is 17.3 Å². The van der Waals surface area contributed by atoms with Crippen LogP contribution in [0.4, 0.5) is 4.39 Å². The van der Waals surface area contributed by atoms with E-state index in [2.05, 4.69) is 15.3 Å². The van der Waals surface area contributed by atoms with Crippen LogP contribution in [0.2, 0.25) is 0 Å². The van der Waals surface area contributed by atoms with Crippen molar-refractivity contribution in [3.05, 3.63) is 106 Å². The summed E-state index contributed by atoms with van der Waals surface area (Å²) in [6.07, 6.45) is 4.55. The topological polar surface area (TPSA) is 90.4 Å². The van der Waals surface area contributed by atoms with Gasteiger partial charge in [-0.1, -0.05) is 18.2 Å². The van der Waals surface area contributed by atoms with E-state index in [4.69, 9.17) is 9.47 Å². The second-order valence-corrected chi connectivity index (χ2v) is 7.77. The highest BCUT2D eigenvalue weighted by molar-refractivity contribution is 7.10. The van der Waals surface area contributed by atoms with E-state index in [1.807, 2.05) is 17.5 Å². The summed E-state index contributed by atoms with van der Waals surface area (Å²) in [6, 6.07) is 15.5. The number of hydrogen-bond acceptors (Lipinski definition) is 7. The molecule has 0 fully saturated rings. The minimum atomic E-state index is -0.758. The van der Waals surface area contributed by atoms with Crippen molar-refractivity contribution in [3.8, 4) is 11.6 Å². The Kier molecular flexibility index (Phi) is 7.01. The van der Waals surface area contributed by atoms with Gasteiger partial charge in [-0.2, -0.15) is 0 Å². The maximum absolute atomic E-state index is 13.3. The number of rotatable bonds is 8. The smallest absolute Gasteiger partial charge is 0.344 e. The lowest BCUT2D eigenvalue weighted by molar-refractivity contribution is -0.124. The number of halogens is 1. The van der Waals surface area contributed by atoms with Crippen LogP contribution in [0.1, 0.15) is 26.8 Å². The van der Waals surface area contributed by atoms with Crippen molar-refractivity contribution in [1.29, 1.82) is 0 Å². The normalized spacial score (nSPS) is 11.4. The second-order valence-electron chi connectivity index (χ2n) is 6.79. The number of carbonyl (C=O) groups is 2. The molecule has 7 nitrogen and oxygen atoms in total. The van der Waals surface area contributed by atoms with E-state index in [0.717, 1.165) is 4.88 Å². The lowest BCUT2D eigenvalue weighted by atomic mass is 10.1. The number of ether oxygens (including phenoxy) is 2. The van der Waals surface area contributed by atoms with Gasteiger partial charge in [0.1, 0.15) is 17.1 Å². The predicted octanol–water partition coefficient (Wildman–Crippen LogP) is 4.53. The molecule has 0 aliphatic heterocycles. The number of pyridine rings is 2. The maximum Gasteiger partial charge on any atom is 0.344 e. The highest BCUT2D eigenvalue weighted by Crippen LogP contribution is 2.26. The fourth-order valence-corrected chi connectivity index (χ4v) is 3.79. The maximum atomic E-state index is 13.3. The number of benzene rings is 1. The van der Waals surface area contributed by atoms with Gasteiger partial charge in [-0.15, -0.1) is 11.3 Å². The summed E-state index contributed by atoms with van der Waals surface area (Å²) >= 11 is 1.45.